The second kappa shape index (κ2) is 6.66. The van der Waals surface area contributed by atoms with Crippen molar-refractivity contribution in [2.24, 2.45) is 0 Å². The van der Waals surface area contributed by atoms with Crippen LogP contribution in [0.3, 0.4) is 0 Å². The Bertz CT molecular complexity index is 529. The fourth-order valence-electron chi connectivity index (χ4n) is 2.20. The number of hydrogen-bond acceptors (Lipinski definition) is 5. The molecule has 7 nitrogen and oxygen atoms in total. The maximum Gasteiger partial charge on any atom is 0.257 e. The highest BCUT2D eigenvalue weighted by molar-refractivity contribution is 7.89. The molecule has 1 N–H and O–H groups in total. The Kier molecular flexibility index (Phi) is 5.14. The Balaban J connectivity index is 1.98. The highest BCUT2D eigenvalue weighted by Gasteiger charge is 2.23. The fourth-order valence-corrected chi connectivity index (χ4v) is 3.40. The van der Waals surface area contributed by atoms with Crippen LogP contribution in [0, 0.1) is 0 Å². The van der Waals surface area contributed by atoms with Crippen molar-refractivity contribution in [2.75, 3.05) is 33.3 Å². The third-order valence-electron chi connectivity index (χ3n) is 3.23. The molecular weight excluding hydrogens is 280 g/mol. The summed E-state index contributed by atoms with van der Waals surface area (Å²) in [7, 11) is -1.53. The third kappa shape index (κ3) is 3.78. The van der Waals surface area contributed by atoms with E-state index in [2.05, 4.69) is 14.7 Å². The highest BCUT2D eigenvalue weighted by atomic mass is 32.2. The quantitative estimate of drug-likeness (QED) is 0.794. The van der Waals surface area contributed by atoms with E-state index in [-0.39, 0.29) is 17.7 Å². The minimum atomic E-state index is -3.53. The van der Waals surface area contributed by atoms with Gasteiger partial charge in [0, 0.05) is 26.2 Å². The van der Waals surface area contributed by atoms with Gasteiger partial charge in [-0.2, -0.15) is 5.10 Å². The predicted molar refractivity (Wildman–Crippen MR) is 74.9 cm³/mol. The summed E-state index contributed by atoms with van der Waals surface area (Å²) in [5, 5.41) is 4.25. The lowest BCUT2D eigenvalue weighted by Crippen LogP contribution is -2.46. The number of aryl methyl sites for hydroxylation is 1. The molecule has 0 saturated carbocycles. The van der Waals surface area contributed by atoms with Crippen molar-refractivity contribution >= 4 is 10.0 Å². The number of rotatable bonds is 6. The molecule has 1 aliphatic heterocycles. The van der Waals surface area contributed by atoms with Crippen LogP contribution in [0.1, 0.15) is 13.3 Å². The van der Waals surface area contributed by atoms with Crippen molar-refractivity contribution in [2.45, 2.75) is 31.0 Å². The van der Waals surface area contributed by atoms with E-state index < -0.39 is 10.0 Å². The predicted octanol–water partition coefficient (Wildman–Crippen LogP) is -0.0980. The van der Waals surface area contributed by atoms with Gasteiger partial charge in [-0.25, -0.2) is 13.1 Å². The fraction of sp³-hybridized carbons (Fsp3) is 0.750. The smallest absolute Gasteiger partial charge is 0.257 e. The standard InChI is InChI=1S/C12H22N4O3S/c1-3-6-16-12(4-5-13-16)20(17,18)14-9-11-10-15(2)7-8-19-11/h4-5,11,14H,3,6-10H2,1-2H3. The summed E-state index contributed by atoms with van der Waals surface area (Å²) >= 11 is 0. The molecule has 1 unspecified atom stereocenters. The number of aromatic nitrogens is 2. The molecule has 1 atom stereocenters. The number of nitrogens with one attached hydrogen (secondary N) is 1. The minimum Gasteiger partial charge on any atom is -0.374 e. The zero-order valence-electron chi connectivity index (χ0n) is 11.9. The van der Waals surface area contributed by atoms with Crippen LogP contribution in [0.4, 0.5) is 0 Å². The minimum absolute atomic E-state index is 0.105. The first-order chi connectivity index (χ1) is 9.53. The molecule has 0 spiro atoms. The Morgan fingerprint density at radius 1 is 1.55 bits per heavy atom. The Morgan fingerprint density at radius 2 is 2.35 bits per heavy atom. The molecule has 1 fully saturated rings. The average molecular weight is 302 g/mol. The molecule has 1 saturated heterocycles. The second-order valence-electron chi connectivity index (χ2n) is 5.00. The van der Waals surface area contributed by atoms with Gasteiger partial charge >= 0.3 is 0 Å². The lowest BCUT2D eigenvalue weighted by atomic mass is 10.3. The summed E-state index contributed by atoms with van der Waals surface area (Å²) < 4.78 is 34.2. The molecule has 20 heavy (non-hydrogen) atoms. The molecule has 2 heterocycles. The molecule has 114 valence electrons. The van der Waals surface area contributed by atoms with Crippen molar-refractivity contribution in [3.05, 3.63) is 12.3 Å². The molecule has 1 aromatic heterocycles. The highest BCUT2D eigenvalue weighted by Crippen LogP contribution is 2.09. The largest absolute Gasteiger partial charge is 0.374 e. The number of morpholine rings is 1. The maximum atomic E-state index is 12.3. The molecule has 1 aliphatic rings. The van der Waals surface area contributed by atoms with Gasteiger partial charge in [-0.05, 0) is 19.5 Å². The number of nitrogens with zero attached hydrogens (tertiary/aromatic N) is 3. The average Bonchev–Trinajstić information content (AvgIpc) is 2.86. The Hall–Kier alpha value is -0.960. The van der Waals surface area contributed by atoms with Crippen LogP contribution < -0.4 is 4.72 Å². The zero-order valence-corrected chi connectivity index (χ0v) is 12.8. The summed E-state index contributed by atoms with van der Waals surface area (Å²) in [6.07, 6.45) is 2.24. The number of ether oxygens (including phenoxy) is 1. The van der Waals surface area contributed by atoms with Crippen molar-refractivity contribution in [1.82, 2.24) is 19.4 Å². The van der Waals surface area contributed by atoms with Crippen LogP contribution in [0.5, 0.6) is 0 Å². The van der Waals surface area contributed by atoms with Gasteiger partial charge in [0.2, 0.25) is 0 Å². The number of likely N-dealkylation sites (N-methyl/N-ethyl adjacent to an activating group) is 1. The summed E-state index contributed by atoms with van der Waals surface area (Å²) in [5.41, 5.74) is 0. The third-order valence-corrected chi connectivity index (χ3v) is 4.68. The Morgan fingerprint density at radius 3 is 3.05 bits per heavy atom. The monoisotopic (exact) mass is 302 g/mol. The van der Waals surface area contributed by atoms with Gasteiger partial charge in [0.25, 0.3) is 10.0 Å². The van der Waals surface area contributed by atoms with Crippen LogP contribution in [-0.2, 0) is 21.3 Å². The van der Waals surface area contributed by atoms with Crippen LogP contribution in [0.15, 0.2) is 17.3 Å². The summed E-state index contributed by atoms with van der Waals surface area (Å²) in [4.78, 5) is 2.13. The van der Waals surface area contributed by atoms with Gasteiger partial charge in [-0.15, -0.1) is 0 Å². The van der Waals surface area contributed by atoms with Crippen molar-refractivity contribution < 1.29 is 13.2 Å². The molecule has 0 aromatic carbocycles. The molecule has 0 bridgehead atoms. The van der Waals surface area contributed by atoms with Crippen LogP contribution in [0.25, 0.3) is 0 Å². The van der Waals surface area contributed by atoms with Gasteiger partial charge in [-0.3, -0.25) is 4.68 Å². The summed E-state index contributed by atoms with van der Waals surface area (Å²) in [5.74, 6) is 0. The van der Waals surface area contributed by atoms with Crippen molar-refractivity contribution in [3.63, 3.8) is 0 Å². The van der Waals surface area contributed by atoms with Crippen molar-refractivity contribution in [3.8, 4) is 0 Å². The lowest BCUT2D eigenvalue weighted by Gasteiger charge is -2.30. The van der Waals surface area contributed by atoms with Gasteiger partial charge in [0.1, 0.15) is 0 Å². The summed E-state index contributed by atoms with van der Waals surface area (Å²) in [6, 6.07) is 1.52. The maximum absolute atomic E-state index is 12.3. The second-order valence-corrected chi connectivity index (χ2v) is 6.71. The molecule has 0 amide bonds. The van der Waals surface area contributed by atoms with Crippen molar-refractivity contribution in [1.29, 1.82) is 0 Å². The molecular formula is C12H22N4O3S. The van der Waals surface area contributed by atoms with E-state index in [1.54, 1.807) is 0 Å². The molecule has 0 radical (unpaired) electrons. The topological polar surface area (TPSA) is 76.5 Å². The van der Waals surface area contributed by atoms with Gasteiger partial charge in [-0.1, -0.05) is 6.92 Å². The SMILES string of the molecule is CCCn1nccc1S(=O)(=O)NCC1CN(C)CCO1. The first kappa shape index (κ1) is 15.4. The van der Waals surface area contributed by atoms with E-state index in [1.165, 1.54) is 16.9 Å². The molecule has 0 aliphatic carbocycles. The number of sulfonamides is 1. The molecule has 2 rings (SSSR count). The van der Waals surface area contributed by atoms with Crippen LogP contribution in [-0.4, -0.2) is 62.5 Å². The van der Waals surface area contributed by atoms with E-state index in [9.17, 15) is 8.42 Å². The van der Waals surface area contributed by atoms with E-state index in [4.69, 9.17) is 4.74 Å². The van der Waals surface area contributed by atoms with E-state index in [1.807, 2.05) is 14.0 Å². The van der Waals surface area contributed by atoms with Gasteiger partial charge < -0.3 is 9.64 Å². The first-order valence-electron chi connectivity index (χ1n) is 6.84. The van der Waals surface area contributed by atoms with Gasteiger partial charge in [0.05, 0.1) is 18.9 Å². The normalized spacial score (nSPS) is 21.2. The van der Waals surface area contributed by atoms with E-state index in [0.29, 0.717) is 13.2 Å². The van der Waals surface area contributed by atoms with Crippen LogP contribution >= 0.6 is 0 Å². The first-order valence-corrected chi connectivity index (χ1v) is 8.33. The van der Waals surface area contributed by atoms with E-state index in [0.717, 1.165) is 19.5 Å². The number of hydrogen-bond donors (Lipinski definition) is 1. The molecule has 1 aromatic rings. The van der Waals surface area contributed by atoms with Crippen LogP contribution in [0.2, 0.25) is 0 Å². The molecule has 8 heteroatoms. The Labute approximate surface area is 120 Å². The lowest BCUT2D eigenvalue weighted by molar-refractivity contribution is -0.0156. The van der Waals surface area contributed by atoms with Gasteiger partial charge in [0.15, 0.2) is 5.03 Å². The zero-order chi connectivity index (χ0) is 14.6. The van der Waals surface area contributed by atoms with E-state index >= 15 is 0 Å². The summed E-state index contributed by atoms with van der Waals surface area (Å²) in [6.45, 7) is 5.10.